The summed E-state index contributed by atoms with van der Waals surface area (Å²) < 4.78 is 12.4. The molecular formula is C28H33N7O3. The first-order chi connectivity index (χ1) is 18.3. The number of amides is 1. The fourth-order valence-corrected chi connectivity index (χ4v) is 4.13. The highest BCUT2D eigenvalue weighted by atomic mass is 16.5. The van der Waals surface area contributed by atoms with Crippen LogP contribution in [0, 0.1) is 6.92 Å². The Labute approximate surface area is 222 Å². The Bertz CT molecular complexity index is 1410. The zero-order chi connectivity index (χ0) is 27.2. The molecule has 10 nitrogen and oxygen atoms in total. The van der Waals surface area contributed by atoms with Crippen molar-refractivity contribution in [1.29, 1.82) is 0 Å². The van der Waals surface area contributed by atoms with Gasteiger partial charge in [-0.25, -0.2) is 9.97 Å². The number of anilines is 4. The first kappa shape index (κ1) is 26.5. The van der Waals surface area contributed by atoms with Gasteiger partial charge in [0, 0.05) is 43.1 Å². The Morgan fingerprint density at radius 3 is 2.32 bits per heavy atom. The van der Waals surface area contributed by atoms with Gasteiger partial charge < -0.3 is 25.0 Å². The molecule has 0 spiro atoms. The summed E-state index contributed by atoms with van der Waals surface area (Å²) in [6, 6.07) is 16.6. The summed E-state index contributed by atoms with van der Waals surface area (Å²) in [5.74, 6) is 3.34. The zero-order valence-corrected chi connectivity index (χ0v) is 22.6. The second-order valence-corrected chi connectivity index (χ2v) is 8.59. The molecule has 0 saturated heterocycles. The van der Waals surface area contributed by atoms with E-state index in [0.29, 0.717) is 40.2 Å². The standard InChI is InChI=1S/C28H33N7O3/c1-7-35(8-2)27-17-26(29-18(3)30-27)31-19-9-11-20(12-10-19)32-28(36)24-16-23(33-34(24)4)22-15-21(37-5)13-14-25(22)38-6/h9-17H,7-8H2,1-6H3,(H,32,36)(H,29,30,31). The number of hydrogen-bond donors (Lipinski definition) is 2. The van der Waals surface area contributed by atoms with Crippen LogP contribution >= 0.6 is 0 Å². The SMILES string of the molecule is CCN(CC)c1cc(Nc2ccc(NC(=O)c3cc(-c4cc(OC)ccc4OC)nn3C)cc2)nc(C)n1. The molecule has 0 aliphatic heterocycles. The first-order valence-corrected chi connectivity index (χ1v) is 12.4. The average Bonchev–Trinajstić information content (AvgIpc) is 3.31. The quantitative estimate of drug-likeness (QED) is 0.302. The van der Waals surface area contributed by atoms with Gasteiger partial charge >= 0.3 is 0 Å². The molecule has 0 unspecified atom stereocenters. The van der Waals surface area contributed by atoms with Gasteiger partial charge in [-0.1, -0.05) is 0 Å². The molecule has 0 saturated carbocycles. The van der Waals surface area contributed by atoms with Crippen LogP contribution in [0.4, 0.5) is 23.0 Å². The maximum atomic E-state index is 13.1. The van der Waals surface area contributed by atoms with E-state index in [9.17, 15) is 4.79 Å². The maximum absolute atomic E-state index is 13.1. The van der Waals surface area contributed by atoms with Crippen molar-refractivity contribution in [3.05, 3.63) is 66.1 Å². The lowest BCUT2D eigenvalue weighted by atomic mass is 10.1. The van der Waals surface area contributed by atoms with Crippen molar-refractivity contribution in [2.24, 2.45) is 7.05 Å². The summed E-state index contributed by atoms with van der Waals surface area (Å²) in [7, 11) is 4.92. The second kappa shape index (κ2) is 11.6. The lowest BCUT2D eigenvalue weighted by molar-refractivity contribution is 0.101. The lowest BCUT2D eigenvalue weighted by Crippen LogP contribution is -2.23. The van der Waals surface area contributed by atoms with Crippen molar-refractivity contribution in [3.63, 3.8) is 0 Å². The van der Waals surface area contributed by atoms with E-state index < -0.39 is 0 Å². The van der Waals surface area contributed by atoms with Gasteiger partial charge in [-0.15, -0.1) is 0 Å². The minimum Gasteiger partial charge on any atom is -0.497 e. The molecule has 4 rings (SSSR count). The van der Waals surface area contributed by atoms with E-state index >= 15 is 0 Å². The van der Waals surface area contributed by atoms with Crippen molar-refractivity contribution in [2.45, 2.75) is 20.8 Å². The third-order valence-corrected chi connectivity index (χ3v) is 6.12. The number of nitrogens with zero attached hydrogens (tertiary/aromatic N) is 5. The number of methoxy groups -OCH3 is 2. The minimum absolute atomic E-state index is 0.274. The van der Waals surface area contributed by atoms with Gasteiger partial charge in [0.05, 0.1) is 19.9 Å². The Hall–Kier alpha value is -4.60. The van der Waals surface area contributed by atoms with Gasteiger partial charge in [-0.2, -0.15) is 5.10 Å². The highest BCUT2D eigenvalue weighted by molar-refractivity contribution is 6.03. The minimum atomic E-state index is -0.274. The van der Waals surface area contributed by atoms with E-state index in [1.165, 1.54) is 0 Å². The van der Waals surface area contributed by atoms with Crippen molar-refractivity contribution in [3.8, 4) is 22.8 Å². The van der Waals surface area contributed by atoms with Crippen LogP contribution in [0.3, 0.4) is 0 Å². The normalized spacial score (nSPS) is 10.7. The van der Waals surface area contributed by atoms with Crippen LogP contribution in [-0.4, -0.2) is 53.0 Å². The van der Waals surface area contributed by atoms with Crippen molar-refractivity contribution < 1.29 is 14.3 Å². The summed E-state index contributed by atoms with van der Waals surface area (Å²) in [6.45, 7) is 7.81. The van der Waals surface area contributed by atoms with Crippen LogP contribution in [0.15, 0.2) is 54.6 Å². The van der Waals surface area contributed by atoms with E-state index in [1.807, 2.05) is 55.5 Å². The Kier molecular flexibility index (Phi) is 8.10. The molecule has 0 bridgehead atoms. The predicted molar refractivity (Wildman–Crippen MR) is 150 cm³/mol. The van der Waals surface area contributed by atoms with Gasteiger partial charge in [0.1, 0.15) is 34.7 Å². The topological polar surface area (TPSA) is 106 Å². The largest absolute Gasteiger partial charge is 0.497 e. The summed E-state index contributed by atoms with van der Waals surface area (Å²) in [6.07, 6.45) is 0. The third-order valence-electron chi connectivity index (χ3n) is 6.12. The van der Waals surface area contributed by atoms with Gasteiger partial charge in [-0.3, -0.25) is 9.48 Å². The molecule has 1 amide bonds. The Balaban J connectivity index is 1.48. The molecule has 0 aliphatic carbocycles. The number of carbonyl (C=O) groups is 1. The number of nitrogens with one attached hydrogen (secondary N) is 2. The fourth-order valence-electron chi connectivity index (χ4n) is 4.13. The number of hydrogen-bond acceptors (Lipinski definition) is 8. The van der Waals surface area contributed by atoms with Crippen LogP contribution in [0.2, 0.25) is 0 Å². The third kappa shape index (κ3) is 5.86. The maximum Gasteiger partial charge on any atom is 0.273 e. The summed E-state index contributed by atoms with van der Waals surface area (Å²) in [5.41, 5.74) is 3.26. The Morgan fingerprint density at radius 2 is 1.66 bits per heavy atom. The van der Waals surface area contributed by atoms with Gasteiger partial charge in [-0.05, 0) is 69.3 Å². The molecule has 0 radical (unpaired) electrons. The van der Waals surface area contributed by atoms with Gasteiger partial charge in [0.2, 0.25) is 0 Å². The van der Waals surface area contributed by atoms with E-state index in [2.05, 4.69) is 44.4 Å². The van der Waals surface area contributed by atoms with E-state index in [-0.39, 0.29) is 5.91 Å². The predicted octanol–water partition coefficient (Wildman–Crippen LogP) is 5.04. The molecule has 38 heavy (non-hydrogen) atoms. The lowest BCUT2D eigenvalue weighted by Gasteiger charge is -2.20. The monoisotopic (exact) mass is 515 g/mol. The van der Waals surface area contributed by atoms with Crippen LogP contribution in [-0.2, 0) is 7.05 Å². The van der Waals surface area contributed by atoms with Crippen molar-refractivity contribution >= 4 is 28.9 Å². The van der Waals surface area contributed by atoms with Crippen LogP contribution in [0.5, 0.6) is 11.5 Å². The number of rotatable bonds is 10. The molecule has 2 aromatic heterocycles. The fraction of sp³-hybridized carbons (Fsp3) is 0.286. The number of aromatic nitrogens is 4. The number of ether oxygens (including phenoxy) is 2. The van der Waals surface area contributed by atoms with Crippen molar-refractivity contribution in [1.82, 2.24) is 19.7 Å². The van der Waals surface area contributed by atoms with Crippen molar-refractivity contribution in [2.75, 3.05) is 42.8 Å². The molecular weight excluding hydrogens is 482 g/mol. The summed E-state index contributed by atoms with van der Waals surface area (Å²) >= 11 is 0. The molecule has 0 fully saturated rings. The summed E-state index contributed by atoms with van der Waals surface area (Å²) in [5, 5.41) is 10.8. The van der Waals surface area contributed by atoms with E-state index in [4.69, 9.17) is 9.47 Å². The molecule has 2 heterocycles. The highest BCUT2D eigenvalue weighted by Gasteiger charge is 2.18. The molecule has 198 valence electrons. The number of aryl methyl sites for hydroxylation is 2. The van der Waals surface area contributed by atoms with Crippen LogP contribution < -0.4 is 25.0 Å². The highest BCUT2D eigenvalue weighted by Crippen LogP contribution is 2.33. The first-order valence-electron chi connectivity index (χ1n) is 12.4. The van der Waals surface area contributed by atoms with Crippen LogP contribution in [0.1, 0.15) is 30.2 Å². The molecule has 4 aromatic rings. The van der Waals surface area contributed by atoms with Crippen LogP contribution in [0.25, 0.3) is 11.3 Å². The Morgan fingerprint density at radius 1 is 0.947 bits per heavy atom. The molecule has 0 atom stereocenters. The van der Waals surface area contributed by atoms with E-state index in [0.717, 1.165) is 30.2 Å². The van der Waals surface area contributed by atoms with Gasteiger partial charge in [0.25, 0.3) is 5.91 Å². The second-order valence-electron chi connectivity index (χ2n) is 8.59. The summed E-state index contributed by atoms with van der Waals surface area (Å²) in [4.78, 5) is 24.3. The molecule has 2 aromatic carbocycles. The molecule has 2 N–H and O–H groups in total. The van der Waals surface area contributed by atoms with Gasteiger partial charge in [0.15, 0.2) is 0 Å². The molecule has 0 aliphatic rings. The van der Waals surface area contributed by atoms with E-state index in [1.54, 1.807) is 32.0 Å². The smallest absolute Gasteiger partial charge is 0.273 e. The average molecular weight is 516 g/mol. The zero-order valence-electron chi connectivity index (χ0n) is 22.6. The number of carbonyl (C=O) groups excluding carboxylic acids is 1. The number of benzene rings is 2. The molecule has 10 heteroatoms.